The number of anilines is 1. The molecule has 0 amide bonds. The Kier molecular flexibility index (Phi) is 6.80. The third-order valence-corrected chi connectivity index (χ3v) is 4.88. The van der Waals surface area contributed by atoms with Gasteiger partial charge in [-0.05, 0) is 48.7 Å². The molecular formula is C25H25NO3. The van der Waals surface area contributed by atoms with Crippen LogP contribution in [-0.2, 0) is 11.2 Å². The molecule has 4 heteroatoms. The van der Waals surface area contributed by atoms with Crippen molar-refractivity contribution in [3.8, 4) is 0 Å². The quantitative estimate of drug-likeness (QED) is 0.513. The zero-order valence-corrected chi connectivity index (χ0v) is 16.5. The normalized spacial score (nSPS) is 11.6. The van der Waals surface area contributed by atoms with Gasteiger partial charge < -0.3 is 10.4 Å². The van der Waals surface area contributed by atoms with Crippen LogP contribution in [0.4, 0.5) is 5.69 Å². The third-order valence-electron chi connectivity index (χ3n) is 4.88. The molecule has 0 radical (unpaired) electrons. The van der Waals surface area contributed by atoms with E-state index in [9.17, 15) is 9.59 Å². The lowest BCUT2D eigenvalue weighted by Crippen LogP contribution is -2.16. The van der Waals surface area contributed by atoms with E-state index in [-0.39, 0.29) is 17.4 Å². The van der Waals surface area contributed by atoms with Gasteiger partial charge in [-0.1, -0.05) is 60.2 Å². The summed E-state index contributed by atoms with van der Waals surface area (Å²) in [7, 11) is 0. The SMILES string of the molecule is Cc1cccc(C(CC(=O)CCc2ccccc2)Nc2ccc(C(=O)O)cc2)c1. The molecule has 3 rings (SSSR count). The molecule has 3 aromatic rings. The molecule has 0 fully saturated rings. The van der Waals surface area contributed by atoms with Crippen LogP contribution in [0.25, 0.3) is 0 Å². The van der Waals surface area contributed by atoms with E-state index in [0.717, 1.165) is 28.8 Å². The largest absolute Gasteiger partial charge is 0.478 e. The van der Waals surface area contributed by atoms with Crippen molar-refractivity contribution in [2.24, 2.45) is 0 Å². The van der Waals surface area contributed by atoms with E-state index in [0.29, 0.717) is 12.8 Å². The highest BCUT2D eigenvalue weighted by Crippen LogP contribution is 2.25. The average molecular weight is 387 g/mol. The Morgan fingerprint density at radius 1 is 0.931 bits per heavy atom. The number of hydrogen-bond donors (Lipinski definition) is 2. The second-order valence-electron chi connectivity index (χ2n) is 7.22. The molecule has 2 N–H and O–H groups in total. The molecule has 0 spiro atoms. The van der Waals surface area contributed by atoms with E-state index in [1.807, 2.05) is 55.5 Å². The Balaban J connectivity index is 1.72. The number of carboxylic acid groups (broad SMARTS) is 1. The number of ketones is 1. The standard InChI is InChI=1S/C25H25NO3/c1-18-6-5-9-21(16-18)24(26-22-13-11-20(12-14-22)25(28)29)17-23(27)15-10-19-7-3-2-4-8-19/h2-9,11-14,16,24,26H,10,15,17H2,1H3,(H,28,29). The highest BCUT2D eigenvalue weighted by Gasteiger charge is 2.17. The lowest BCUT2D eigenvalue weighted by atomic mass is 9.96. The first-order chi connectivity index (χ1) is 14.0. The first-order valence-corrected chi connectivity index (χ1v) is 9.73. The number of aromatic carboxylic acids is 1. The number of carbonyl (C=O) groups excluding carboxylic acids is 1. The fourth-order valence-electron chi connectivity index (χ4n) is 3.31. The summed E-state index contributed by atoms with van der Waals surface area (Å²) in [6, 6.07) is 24.5. The Morgan fingerprint density at radius 3 is 2.31 bits per heavy atom. The summed E-state index contributed by atoms with van der Waals surface area (Å²) in [5.41, 5.74) is 4.36. The van der Waals surface area contributed by atoms with Gasteiger partial charge in [0.15, 0.2) is 0 Å². The van der Waals surface area contributed by atoms with Gasteiger partial charge in [-0.15, -0.1) is 0 Å². The molecule has 0 saturated carbocycles. The minimum atomic E-state index is -0.956. The average Bonchev–Trinajstić information content (AvgIpc) is 2.73. The van der Waals surface area contributed by atoms with Crippen LogP contribution in [0.5, 0.6) is 0 Å². The van der Waals surface area contributed by atoms with Crippen LogP contribution in [0, 0.1) is 6.92 Å². The summed E-state index contributed by atoms with van der Waals surface area (Å²) in [6.45, 7) is 2.03. The maximum Gasteiger partial charge on any atom is 0.335 e. The van der Waals surface area contributed by atoms with Gasteiger partial charge in [0, 0.05) is 18.5 Å². The van der Waals surface area contributed by atoms with Crippen molar-refractivity contribution < 1.29 is 14.7 Å². The highest BCUT2D eigenvalue weighted by atomic mass is 16.4. The second-order valence-corrected chi connectivity index (χ2v) is 7.22. The molecule has 0 saturated heterocycles. The predicted molar refractivity (Wildman–Crippen MR) is 115 cm³/mol. The van der Waals surface area contributed by atoms with Crippen molar-refractivity contribution in [3.05, 3.63) is 101 Å². The molecule has 3 aromatic carbocycles. The molecule has 4 nitrogen and oxygen atoms in total. The smallest absolute Gasteiger partial charge is 0.335 e. The van der Waals surface area contributed by atoms with Crippen LogP contribution in [0.1, 0.15) is 45.9 Å². The summed E-state index contributed by atoms with van der Waals surface area (Å²) < 4.78 is 0. The number of nitrogens with one attached hydrogen (secondary N) is 1. The molecule has 0 aliphatic rings. The van der Waals surface area contributed by atoms with E-state index in [1.54, 1.807) is 24.3 Å². The van der Waals surface area contributed by atoms with Crippen LogP contribution in [0.15, 0.2) is 78.9 Å². The van der Waals surface area contributed by atoms with Crippen molar-refractivity contribution in [3.63, 3.8) is 0 Å². The molecule has 0 aliphatic carbocycles. The van der Waals surface area contributed by atoms with Crippen LogP contribution < -0.4 is 5.32 Å². The van der Waals surface area contributed by atoms with Crippen LogP contribution in [0.3, 0.4) is 0 Å². The Morgan fingerprint density at radius 2 is 1.66 bits per heavy atom. The summed E-state index contributed by atoms with van der Waals surface area (Å²) in [6.07, 6.45) is 1.59. The third kappa shape index (κ3) is 6.04. The lowest BCUT2D eigenvalue weighted by Gasteiger charge is -2.21. The molecule has 1 atom stereocenters. The fraction of sp³-hybridized carbons (Fsp3) is 0.200. The van der Waals surface area contributed by atoms with E-state index >= 15 is 0 Å². The number of rotatable bonds is 9. The Hall–Kier alpha value is -3.40. The van der Waals surface area contributed by atoms with E-state index < -0.39 is 5.97 Å². The van der Waals surface area contributed by atoms with Gasteiger partial charge >= 0.3 is 5.97 Å². The predicted octanol–water partition coefficient (Wildman–Crippen LogP) is 5.44. The van der Waals surface area contributed by atoms with Gasteiger partial charge in [0.2, 0.25) is 0 Å². The number of aryl methyl sites for hydroxylation is 2. The van der Waals surface area contributed by atoms with Gasteiger partial charge in [-0.25, -0.2) is 4.79 Å². The number of carboxylic acids is 1. The number of hydrogen-bond acceptors (Lipinski definition) is 3. The summed E-state index contributed by atoms with van der Waals surface area (Å²) >= 11 is 0. The highest BCUT2D eigenvalue weighted by molar-refractivity contribution is 5.88. The van der Waals surface area contributed by atoms with Crippen molar-refractivity contribution in [1.82, 2.24) is 0 Å². The topological polar surface area (TPSA) is 66.4 Å². The van der Waals surface area contributed by atoms with Crippen LogP contribution in [-0.4, -0.2) is 16.9 Å². The minimum Gasteiger partial charge on any atom is -0.478 e. The first kappa shape index (κ1) is 20.3. The monoisotopic (exact) mass is 387 g/mol. The zero-order chi connectivity index (χ0) is 20.6. The minimum absolute atomic E-state index is 0.172. The van der Waals surface area contributed by atoms with E-state index in [4.69, 9.17) is 5.11 Å². The van der Waals surface area contributed by atoms with Crippen molar-refractivity contribution in [1.29, 1.82) is 0 Å². The summed E-state index contributed by atoms with van der Waals surface area (Å²) in [5.74, 6) is -0.766. The molecule has 0 heterocycles. The Labute approximate surface area is 171 Å². The first-order valence-electron chi connectivity index (χ1n) is 9.73. The number of benzene rings is 3. The second kappa shape index (κ2) is 9.69. The van der Waals surface area contributed by atoms with E-state index in [2.05, 4.69) is 11.4 Å². The van der Waals surface area contributed by atoms with E-state index in [1.165, 1.54) is 0 Å². The number of carbonyl (C=O) groups is 2. The van der Waals surface area contributed by atoms with Gasteiger partial charge in [-0.3, -0.25) is 4.79 Å². The Bertz CT molecular complexity index is 965. The van der Waals surface area contributed by atoms with Crippen molar-refractivity contribution >= 4 is 17.4 Å². The fourth-order valence-corrected chi connectivity index (χ4v) is 3.31. The molecule has 148 valence electrons. The van der Waals surface area contributed by atoms with Crippen molar-refractivity contribution in [2.75, 3.05) is 5.32 Å². The summed E-state index contributed by atoms with van der Waals surface area (Å²) in [5, 5.41) is 12.5. The maximum absolute atomic E-state index is 12.7. The summed E-state index contributed by atoms with van der Waals surface area (Å²) in [4.78, 5) is 23.8. The van der Waals surface area contributed by atoms with Gasteiger partial charge in [0.05, 0.1) is 11.6 Å². The molecular weight excluding hydrogens is 362 g/mol. The van der Waals surface area contributed by atoms with Crippen molar-refractivity contribution in [2.45, 2.75) is 32.2 Å². The molecule has 29 heavy (non-hydrogen) atoms. The molecule has 0 bridgehead atoms. The molecule has 0 aliphatic heterocycles. The lowest BCUT2D eigenvalue weighted by molar-refractivity contribution is -0.119. The maximum atomic E-state index is 12.7. The number of Topliss-reactive ketones (excluding diaryl/α,β-unsaturated/α-hetero) is 1. The molecule has 1 unspecified atom stereocenters. The van der Waals surface area contributed by atoms with Gasteiger partial charge in [0.1, 0.15) is 5.78 Å². The molecule has 0 aromatic heterocycles. The van der Waals surface area contributed by atoms with Crippen LogP contribution >= 0.6 is 0 Å². The zero-order valence-electron chi connectivity index (χ0n) is 16.5. The van der Waals surface area contributed by atoms with Gasteiger partial charge in [0.25, 0.3) is 0 Å². The van der Waals surface area contributed by atoms with Crippen LogP contribution in [0.2, 0.25) is 0 Å². The van der Waals surface area contributed by atoms with Gasteiger partial charge in [-0.2, -0.15) is 0 Å².